The molecule has 0 bridgehead atoms. The number of benzene rings is 2. The first-order chi connectivity index (χ1) is 10.3. The van der Waals surface area contributed by atoms with E-state index in [0.717, 1.165) is 33.6 Å². The molecule has 3 nitrogen and oxygen atoms in total. The highest BCUT2D eigenvalue weighted by atomic mass is 16.5. The van der Waals surface area contributed by atoms with E-state index >= 15 is 0 Å². The van der Waals surface area contributed by atoms with Gasteiger partial charge in [0, 0.05) is 28.5 Å². The Morgan fingerprint density at radius 3 is 2.86 bits per heavy atom. The molecule has 0 spiro atoms. The second kappa shape index (κ2) is 5.56. The van der Waals surface area contributed by atoms with E-state index in [4.69, 9.17) is 11.2 Å². The summed E-state index contributed by atoms with van der Waals surface area (Å²) in [6, 6.07) is 15.5. The molecule has 1 heterocycles. The molecule has 1 aromatic heterocycles. The van der Waals surface area contributed by atoms with Gasteiger partial charge in [0.15, 0.2) is 0 Å². The van der Waals surface area contributed by atoms with Crippen molar-refractivity contribution in [2.24, 2.45) is 0 Å². The summed E-state index contributed by atoms with van der Waals surface area (Å²) in [5, 5.41) is 4.38. The maximum absolute atomic E-state index is 5.44. The van der Waals surface area contributed by atoms with Crippen LogP contribution in [0.25, 0.3) is 10.9 Å². The van der Waals surface area contributed by atoms with Crippen molar-refractivity contribution in [2.45, 2.75) is 0 Å². The summed E-state index contributed by atoms with van der Waals surface area (Å²) in [5.41, 5.74) is 3.67. The van der Waals surface area contributed by atoms with Crippen LogP contribution in [0.4, 0.5) is 11.4 Å². The van der Waals surface area contributed by atoms with Gasteiger partial charge in [-0.05, 0) is 42.5 Å². The Kier molecular flexibility index (Phi) is 3.44. The number of methoxy groups -OCH3 is 1. The van der Waals surface area contributed by atoms with E-state index < -0.39 is 0 Å². The quantitative estimate of drug-likeness (QED) is 0.734. The van der Waals surface area contributed by atoms with Crippen LogP contribution in [0, 0.1) is 12.3 Å². The molecule has 2 aromatic carbocycles. The zero-order valence-electron chi connectivity index (χ0n) is 11.6. The molecule has 0 saturated carbocycles. The molecule has 21 heavy (non-hydrogen) atoms. The van der Waals surface area contributed by atoms with Crippen LogP contribution in [0.5, 0.6) is 5.75 Å². The average molecular weight is 274 g/mol. The Hall–Kier alpha value is -2.99. The number of hydrogen-bond acceptors (Lipinski definition) is 3. The highest BCUT2D eigenvalue weighted by Gasteiger charge is 2.04. The monoisotopic (exact) mass is 274 g/mol. The zero-order chi connectivity index (χ0) is 14.7. The van der Waals surface area contributed by atoms with Gasteiger partial charge in [0.05, 0.1) is 12.6 Å². The molecule has 0 aliphatic rings. The lowest BCUT2D eigenvalue weighted by atomic mass is 10.1. The number of fused-ring (bicyclic) bond motifs is 1. The number of nitrogens with zero attached hydrogens (tertiary/aromatic N) is 1. The summed E-state index contributed by atoms with van der Waals surface area (Å²) in [6.07, 6.45) is 7.22. The number of anilines is 2. The van der Waals surface area contributed by atoms with Crippen molar-refractivity contribution < 1.29 is 4.74 Å². The molecule has 0 saturated heterocycles. The van der Waals surface area contributed by atoms with Crippen molar-refractivity contribution in [3.05, 3.63) is 60.3 Å². The van der Waals surface area contributed by atoms with Crippen molar-refractivity contribution in [1.82, 2.24) is 4.98 Å². The first-order valence-electron chi connectivity index (χ1n) is 6.56. The molecular formula is C18H14N2O. The van der Waals surface area contributed by atoms with Crippen LogP contribution in [0.15, 0.2) is 54.7 Å². The molecule has 0 atom stereocenters. The molecule has 0 aliphatic heterocycles. The summed E-state index contributed by atoms with van der Waals surface area (Å²) in [4.78, 5) is 4.36. The van der Waals surface area contributed by atoms with Gasteiger partial charge in [-0.25, -0.2) is 0 Å². The Bertz CT molecular complexity index is 834. The lowest BCUT2D eigenvalue weighted by molar-refractivity contribution is 0.415. The molecule has 3 heteroatoms. The van der Waals surface area contributed by atoms with Crippen molar-refractivity contribution in [2.75, 3.05) is 12.4 Å². The van der Waals surface area contributed by atoms with E-state index in [1.54, 1.807) is 13.3 Å². The van der Waals surface area contributed by atoms with Crippen LogP contribution in [0.2, 0.25) is 0 Å². The topological polar surface area (TPSA) is 34.2 Å². The van der Waals surface area contributed by atoms with E-state index in [-0.39, 0.29) is 0 Å². The maximum Gasteiger partial charge on any atom is 0.119 e. The summed E-state index contributed by atoms with van der Waals surface area (Å²) in [5.74, 6) is 3.44. The van der Waals surface area contributed by atoms with Gasteiger partial charge in [0.25, 0.3) is 0 Å². The second-order valence-corrected chi connectivity index (χ2v) is 4.59. The highest BCUT2D eigenvalue weighted by molar-refractivity contribution is 5.93. The number of hydrogen-bond donors (Lipinski definition) is 1. The zero-order valence-corrected chi connectivity index (χ0v) is 11.6. The predicted octanol–water partition coefficient (Wildman–Crippen LogP) is 3.97. The number of terminal acetylenes is 1. The third-order valence-electron chi connectivity index (χ3n) is 3.26. The van der Waals surface area contributed by atoms with Crippen LogP contribution in [-0.2, 0) is 0 Å². The van der Waals surface area contributed by atoms with Crippen LogP contribution < -0.4 is 10.1 Å². The lowest BCUT2D eigenvalue weighted by Gasteiger charge is -2.10. The fourth-order valence-corrected chi connectivity index (χ4v) is 2.20. The van der Waals surface area contributed by atoms with Gasteiger partial charge in [0.2, 0.25) is 0 Å². The van der Waals surface area contributed by atoms with Crippen LogP contribution in [-0.4, -0.2) is 12.1 Å². The summed E-state index contributed by atoms with van der Waals surface area (Å²) < 4.78 is 5.28. The van der Waals surface area contributed by atoms with Crippen LogP contribution >= 0.6 is 0 Å². The van der Waals surface area contributed by atoms with Gasteiger partial charge >= 0.3 is 0 Å². The van der Waals surface area contributed by atoms with E-state index in [1.165, 1.54) is 0 Å². The van der Waals surface area contributed by atoms with E-state index in [1.807, 2.05) is 48.5 Å². The number of rotatable bonds is 3. The highest BCUT2D eigenvalue weighted by Crippen LogP contribution is 2.28. The number of ether oxygens (including phenoxy) is 1. The Morgan fingerprint density at radius 1 is 1.14 bits per heavy atom. The molecule has 102 valence electrons. The van der Waals surface area contributed by atoms with E-state index in [9.17, 15) is 0 Å². The van der Waals surface area contributed by atoms with Crippen molar-refractivity contribution in [3.8, 4) is 18.1 Å². The molecule has 3 rings (SSSR count). The van der Waals surface area contributed by atoms with E-state index in [2.05, 4.69) is 16.2 Å². The minimum atomic E-state index is 0.802. The molecule has 1 N–H and O–H groups in total. The van der Waals surface area contributed by atoms with Crippen molar-refractivity contribution >= 4 is 22.3 Å². The summed E-state index contributed by atoms with van der Waals surface area (Å²) in [7, 11) is 1.65. The van der Waals surface area contributed by atoms with Gasteiger partial charge in [-0.3, -0.25) is 4.98 Å². The van der Waals surface area contributed by atoms with Crippen LogP contribution in [0.1, 0.15) is 5.56 Å². The van der Waals surface area contributed by atoms with Crippen LogP contribution in [0.3, 0.4) is 0 Å². The summed E-state index contributed by atoms with van der Waals surface area (Å²) >= 11 is 0. The maximum atomic E-state index is 5.44. The number of nitrogens with one attached hydrogen (secondary N) is 1. The number of aromatic nitrogens is 1. The van der Waals surface area contributed by atoms with Gasteiger partial charge in [-0.15, -0.1) is 6.42 Å². The van der Waals surface area contributed by atoms with Gasteiger partial charge in [-0.1, -0.05) is 12.0 Å². The smallest absolute Gasteiger partial charge is 0.119 e. The van der Waals surface area contributed by atoms with Crippen molar-refractivity contribution in [1.29, 1.82) is 0 Å². The first-order valence-corrected chi connectivity index (χ1v) is 6.56. The molecule has 0 fully saturated rings. The third kappa shape index (κ3) is 2.65. The van der Waals surface area contributed by atoms with E-state index in [0.29, 0.717) is 0 Å². The van der Waals surface area contributed by atoms with Gasteiger partial charge in [0.1, 0.15) is 5.75 Å². The standard InChI is InChI=1S/C18H14N2O/c1-3-13-5-4-6-14(11-13)20-18-9-10-19-17-8-7-15(21-2)12-16(17)18/h1,4-12H,2H3,(H,19,20). The molecule has 3 aromatic rings. The fraction of sp³-hybridized carbons (Fsp3) is 0.0556. The Labute approximate surface area is 123 Å². The fourth-order valence-electron chi connectivity index (χ4n) is 2.20. The van der Waals surface area contributed by atoms with Gasteiger partial charge in [-0.2, -0.15) is 0 Å². The van der Waals surface area contributed by atoms with Crippen molar-refractivity contribution in [3.63, 3.8) is 0 Å². The largest absolute Gasteiger partial charge is 0.497 e. The average Bonchev–Trinajstić information content (AvgIpc) is 2.55. The van der Waals surface area contributed by atoms with Gasteiger partial charge < -0.3 is 10.1 Å². The molecule has 0 amide bonds. The summed E-state index contributed by atoms with van der Waals surface area (Å²) in [6.45, 7) is 0. The predicted molar refractivity (Wildman–Crippen MR) is 86.0 cm³/mol. The lowest BCUT2D eigenvalue weighted by Crippen LogP contribution is -1.93. The molecule has 0 aliphatic carbocycles. The molecular weight excluding hydrogens is 260 g/mol. The normalized spacial score (nSPS) is 10.1. The SMILES string of the molecule is C#Cc1cccc(Nc2ccnc3ccc(OC)cc23)c1. The Balaban J connectivity index is 2.05. The Morgan fingerprint density at radius 2 is 2.05 bits per heavy atom. The number of pyridine rings is 1. The minimum absolute atomic E-state index is 0.802. The molecule has 0 unspecified atom stereocenters. The second-order valence-electron chi connectivity index (χ2n) is 4.59. The molecule has 0 radical (unpaired) electrons. The third-order valence-corrected chi connectivity index (χ3v) is 3.26. The first kappa shape index (κ1) is 13.0. The minimum Gasteiger partial charge on any atom is -0.497 e.